The SMILES string of the molecule is CONc1ncnc2c1c(C#N)nn2C1OC(CO)C(O)[C@@]1(C)O. The number of hydrogen-bond donors (Lipinski definition) is 4. The molecule has 3 heterocycles. The van der Waals surface area contributed by atoms with Gasteiger partial charge in [-0.3, -0.25) is 4.84 Å². The number of nitrogens with zero attached hydrogens (tertiary/aromatic N) is 5. The number of aliphatic hydroxyl groups excluding tert-OH is 2. The number of anilines is 1. The summed E-state index contributed by atoms with van der Waals surface area (Å²) in [5.41, 5.74) is 0.977. The summed E-state index contributed by atoms with van der Waals surface area (Å²) in [6.07, 6.45) is -2.25. The Morgan fingerprint density at radius 1 is 1.54 bits per heavy atom. The molecule has 128 valence electrons. The number of hydrogen-bond acceptors (Lipinski definition) is 10. The number of aliphatic hydroxyl groups is 3. The van der Waals surface area contributed by atoms with Crippen molar-refractivity contribution in [2.45, 2.75) is 31.0 Å². The number of fused-ring (bicyclic) bond motifs is 1. The summed E-state index contributed by atoms with van der Waals surface area (Å²) in [6, 6.07) is 1.92. The Kier molecular flexibility index (Phi) is 4.08. The van der Waals surface area contributed by atoms with Crippen LogP contribution in [0.1, 0.15) is 18.8 Å². The summed E-state index contributed by atoms with van der Waals surface area (Å²) in [4.78, 5) is 12.9. The average Bonchev–Trinajstić information content (AvgIpc) is 3.04. The van der Waals surface area contributed by atoms with Crippen molar-refractivity contribution in [3.63, 3.8) is 0 Å². The number of rotatable bonds is 4. The Morgan fingerprint density at radius 2 is 2.29 bits per heavy atom. The molecule has 11 heteroatoms. The van der Waals surface area contributed by atoms with Crippen LogP contribution in [0.4, 0.5) is 5.82 Å². The highest BCUT2D eigenvalue weighted by Crippen LogP contribution is 2.39. The summed E-state index contributed by atoms with van der Waals surface area (Å²) in [5.74, 6) is 0.224. The Hall–Kier alpha value is -2.36. The van der Waals surface area contributed by atoms with Crippen LogP contribution in [0.3, 0.4) is 0 Å². The minimum atomic E-state index is -1.75. The summed E-state index contributed by atoms with van der Waals surface area (Å²) >= 11 is 0. The minimum Gasteiger partial charge on any atom is -0.394 e. The Balaban J connectivity index is 2.18. The van der Waals surface area contributed by atoms with E-state index >= 15 is 0 Å². The largest absolute Gasteiger partial charge is 0.394 e. The average molecular weight is 336 g/mol. The van der Waals surface area contributed by atoms with E-state index < -0.39 is 30.6 Å². The molecule has 1 fully saturated rings. The molecule has 0 radical (unpaired) electrons. The van der Waals surface area contributed by atoms with E-state index in [1.54, 1.807) is 0 Å². The zero-order valence-corrected chi connectivity index (χ0v) is 12.9. The smallest absolute Gasteiger partial charge is 0.183 e. The monoisotopic (exact) mass is 336 g/mol. The third-order valence-corrected chi connectivity index (χ3v) is 3.95. The molecule has 0 saturated carbocycles. The van der Waals surface area contributed by atoms with Gasteiger partial charge in [0, 0.05) is 0 Å². The molecule has 0 amide bonds. The second-order valence-corrected chi connectivity index (χ2v) is 5.51. The summed E-state index contributed by atoms with van der Waals surface area (Å²) in [6.45, 7) is 0.872. The fourth-order valence-corrected chi connectivity index (χ4v) is 2.74. The van der Waals surface area contributed by atoms with Gasteiger partial charge in [0.25, 0.3) is 0 Å². The molecule has 0 aromatic carbocycles. The van der Waals surface area contributed by atoms with Crippen LogP contribution in [0.15, 0.2) is 6.33 Å². The van der Waals surface area contributed by atoms with E-state index in [-0.39, 0.29) is 22.5 Å². The maximum Gasteiger partial charge on any atom is 0.183 e. The van der Waals surface area contributed by atoms with Gasteiger partial charge in [-0.05, 0) is 6.92 Å². The molecule has 2 aromatic heterocycles. The summed E-state index contributed by atoms with van der Waals surface area (Å²) < 4.78 is 6.71. The molecule has 24 heavy (non-hydrogen) atoms. The second-order valence-electron chi connectivity index (χ2n) is 5.51. The van der Waals surface area contributed by atoms with Crippen LogP contribution in [0, 0.1) is 11.3 Å². The topological polar surface area (TPSA) is 159 Å². The van der Waals surface area contributed by atoms with Crippen molar-refractivity contribution < 1.29 is 24.9 Å². The van der Waals surface area contributed by atoms with Crippen LogP contribution in [-0.4, -0.2) is 66.6 Å². The zero-order valence-electron chi connectivity index (χ0n) is 12.9. The second kappa shape index (κ2) is 5.93. The Bertz CT molecular complexity index is 800. The van der Waals surface area contributed by atoms with Gasteiger partial charge in [-0.2, -0.15) is 10.4 Å². The minimum absolute atomic E-state index is 0.00788. The van der Waals surface area contributed by atoms with E-state index in [4.69, 9.17) is 9.57 Å². The third-order valence-electron chi connectivity index (χ3n) is 3.95. The van der Waals surface area contributed by atoms with Crippen LogP contribution >= 0.6 is 0 Å². The molecule has 4 N–H and O–H groups in total. The van der Waals surface area contributed by atoms with Crippen molar-refractivity contribution in [3.05, 3.63) is 12.0 Å². The van der Waals surface area contributed by atoms with E-state index in [1.807, 2.05) is 6.07 Å². The van der Waals surface area contributed by atoms with Crippen LogP contribution in [0.5, 0.6) is 0 Å². The first-order valence-corrected chi connectivity index (χ1v) is 7.04. The predicted octanol–water partition coefficient (Wildman–Crippen LogP) is -1.33. The lowest BCUT2D eigenvalue weighted by atomic mass is 9.97. The number of ether oxygens (including phenoxy) is 1. The molecule has 3 unspecified atom stereocenters. The normalized spacial score (nSPS) is 29.8. The highest BCUT2D eigenvalue weighted by atomic mass is 16.6. The van der Waals surface area contributed by atoms with Crippen molar-refractivity contribution in [2.24, 2.45) is 0 Å². The summed E-state index contributed by atoms with van der Waals surface area (Å²) in [5, 5.41) is 43.7. The van der Waals surface area contributed by atoms with Gasteiger partial charge >= 0.3 is 0 Å². The van der Waals surface area contributed by atoms with Gasteiger partial charge in [0.15, 0.2) is 23.4 Å². The predicted molar refractivity (Wildman–Crippen MR) is 78.3 cm³/mol. The van der Waals surface area contributed by atoms with Gasteiger partial charge < -0.3 is 20.1 Å². The van der Waals surface area contributed by atoms with Gasteiger partial charge in [-0.1, -0.05) is 0 Å². The molecule has 1 aliphatic rings. The van der Waals surface area contributed by atoms with Crippen LogP contribution in [0.25, 0.3) is 11.0 Å². The standard InChI is InChI=1S/C13H16N6O5/c1-13(22)9(21)7(4-20)24-12(13)19-11-8(6(3-14)17-19)10(18-23-2)15-5-16-11/h5,7,9,12,20-22H,4H2,1-2H3,(H,15,16,18)/t7?,9?,12?,13-/m1/s1. The lowest BCUT2D eigenvalue weighted by Crippen LogP contribution is -2.44. The Labute approximate surface area is 136 Å². The zero-order chi connectivity index (χ0) is 17.5. The number of nitriles is 1. The highest BCUT2D eigenvalue weighted by Gasteiger charge is 2.54. The van der Waals surface area contributed by atoms with E-state index in [0.29, 0.717) is 0 Å². The molecule has 1 aliphatic heterocycles. The Morgan fingerprint density at radius 3 is 2.88 bits per heavy atom. The molecule has 0 spiro atoms. The molecule has 11 nitrogen and oxygen atoms in total. The van der Waals surface area contributed by atoms with Gasteiger partial charge in [0.1, 0.15) is 35.6 Å². The van der Waals surface area contributed by atoms with E-state index in [2.05, 4.69) is 20.5 Å². The molecule has 0 bridgehead atoms. The fraction of sp³-hybridized carbons (Fsp3) is 0.538. The quantitative estimate of drug-likeness (QED) is 0.493. The van der Waals surface area contributed by atoms with Crippen molar-refractivity contribution in [1.29, 1.82) is 5.26 Å². The number of nitrogens with one attached hydrogen (secondary N) is 1. The molecular weight excluding hydrogens is 320 g/mol. The molecule has 3 rings (SSSR count). The van der Waals surface area contributed by atoms with Crippen molar-refractivity contribution >= 4 is 16.9 Å². The van der Waals surface area contributed by atoms with Crippen molar-refractivity contribution in [1.82, 2.24) is 19.7 Å². The van der Waals surface area contributed by atoms with Gasteiger partial charge in [0.05, 0.1) is 13.7 Å². The van der Waals surface area contributed by atoms with E-state index in [1.165, 1.54) is 25.0 Å². The lowest BCUT2D eigenvalue weighted by molar-refractivity contribution is -0.100. The van der Waals surface area contributed by atoms with Crippen LogP contribution in [-0.2, 0) is 9.57 Å². The first kappa shape index (κ1) is 16.5. The molecule has 4 atom stereocenters. The first-order valence-electron chi connectivity index (χ1n) is 7.04. The van der Waals surface area contributed by atoms with Crippen LogP contribution in [0.2, 0.25) is 0 Å². The first-order chi connectivity index (χ1) is 11.5. The molecule has 0 aliphatic carbocycles. The maximum atomic E-state index is 10.6. The van der Waals surface area contributed by atoms with Crippen molar-refractivity contribution in [2.75, 3.05) is 19.2 Å². The maximum absolute atomic E-state index is 10.6. The van der Waals surface area contributed by atoms with Gasteiger partial charge in [-0.15, -0.1) is 0 Å². The molecule has 1 saturated heterocycles. The van der Waals surface area contributed by atoms with Crippen LogP contribution < -0.4 is 5.48 Å². The van der Waals surface area contributed by atoms with E-state index in [9.17, 15) is 20.6 Å². The van der Waals surface area contributed by atoms with Gasteiger partial charge in [-0.25, -0.2) is 20.1 Å². The van der Waals surface area contributed by atoms with E-state index in [0.717, 1.165) is 0 Å². The lowest BCUT2D eigenvalue weighted by Gasteiger charge is -2.26. The summed E-state index contributed by atoms with van der Waals surface area (Å²) in [7, 11) is 1.39. The van der Waals surface area contributed by atoms with Crippen molar-refractivity contribution in [3.8, 4) is 6.07 Å². The number of aromatic nitrogens is 4. The van der Waals surface area contributed by atoms with Gasteiger partial charge in [0.2, 0.25) is 0 Å². The molecule has 2 aromatic rings. The fourth-order valence-electron chi connectivity index (χ4n) is 2.74. The molecular formula is C13H16N6O5. The highest BCUT2D eigenvalue weighted by molar-refractivity contribution is 5.90. The third kappa shape index (κ3) is 2.29.